The zero-order valence-electron chi connectivity index (χ0n) is 11.3. The summed E-state index contributed by atoms with van der Waals surface area (Å²) >= 11 is 0. The fourth-order valence-corrected chi connectivity index (χ4v) is 2.79. The number of nitrogens with one attached hydrogen (secondary N) is 1. The van der Waals surface area contributed by atoms with Crippen molar-refractivity contribution >= 4 is 27.3 Å². The van der Waals surface area contributed by atoms with Gasteiger partial charge in [-0.05, 0) is 12.1 Å². The van der Waals surface area contributed by atoms with Crippen molar-refractivity contribution in [3.05, 3.63) is 27.8 Å². The van der Waals surface area contributed by atoms with Gasteiger partial charge >= 0.3 is 5.69 Å². The molecule has 1 N–H and O–H groups in total. The summed E-state index contributed by atoms with van der Waals surface area (Å²) in [7, 11) is -2.40. The number of hydrogen-bond acceptors (Lipinski definition) is 6. The van der Waals surface area contributed by atoms with Crippen LogP contribution in [0.1, 0.15) is 5.56 Å². The second-order valence-electron chi connectivity index (χ2n) is 4.48. The standard InChI is InChI=1S/C11H13N3O6S/c1-20-9-4-3-8-7(11(9)14(16)17)5-13(21(2,18)19)6-10(15)12-8/h3-4H,5-6H2,1-2H3,(H,12,15). The van der Waals surface area contributed by atoms with Crippen molar-refractivity contribution in [1.82, 2.24) is 4.31 Å². The average Bonchev–Trinajstić information content (AvgIpc) is 2.54. The molecule has 0 atom stereocenters. The van der Waals surface area contributed by atoms with Crippen LogP contribution >= 0.6 is 0 Å². The lowest BCUT2D eigenvalue weighted by Gasteiger charge is -2.16. The molecule has 0 bridgehead atoms. The molecule has 0 saturated heterocycles. The molecule has 1 amide bonds. The van der Waals surface area contributed by atoms with E-state index in [-0.39, 0.29) is 29.2 Å². The van der Waals surface area contributed by atoms with Crippen LogP contribution in [0.2, 0.25) is 0 Å². The second kappa shape index (κ2) is 5.30. The van der Waals surface area contributed by atoms with Gasteiger partial charge in [0.1, 0.15) is 0 Å². The molecule has 1 heterocycles. The Labute approximate surface area is 120 Å². The minimum absolute atomic E-state index is 0.00310. The predicted octanol–water partition coefficient (Wildman–Crippen LogP) is 0.317. The summed E-state index contributed by atoms with van der Waals surface area (Å²) in [6.45, 7) is -0.673. The van der Waals surface area contributed by atoms with E-state index in [1.54, 1.807) is 0 Å². The second-order valence-corrected chi connectivity index (χ2v) is 6.46. The zero-order chi connectivity index (χ0) is 15.8. The Hall–Kier alpha value is -2.20. The van der Waals surface area contributed by atoms with Crippen LogP contribution in [0.3, 0.4) is 0 Å². The zero-order valence-corrected chi connectivity index (χ0v) is 12.1. The summed E-state index contributed by atoms with van der Waals surface area (Å²) < 4.78 is 29.2. The summed E-state index contributed by atoms with van der Waals surface area (Å²) in [6.07, 6.45) is 0.942. The van der Waals surface area contributed by atoms with Crippen LogP contribution in [-0.4, -0.2) is 43.5 Å². The molecule has 0 unspecified atom stereocenters. The van der Waals surface area contributed by atoms with Crippen molar-refractivity contribution in [1.29, 1.82) is 0 Å². The van der Waals surface area contributed by atoms with Gasteiger partial charge in [-0.3, -0.25) is 14.9 Å². The first-order valence-electron chi connectivity index (χ1n) is 5.83. The van der Waals surface area contributed by atoms with Gasteiger partial charge < -0.3 is 10.1 Å². The molecule has 1 aliphatic rings. The number of carbonyl (C=O) groups is 1. The summed E-state index contributed by atoms with van der Waals surface area (Å²) in [5, 5.41) is 13.7. The third kappa shape index (κ3) is 2.95. The molecular formula is C11H13N3O6S. The number of nitro benzene ring substituents is 1. The van der Waals surface area contributed by atoms with E-state index < -0.39 is 27.4 Å². The van der Waals surface area contributed by atoms with Crippen LogP contribution in [-0.2, 0) is 21.4 Å². The first kappa shape index (κ1) is 15.2. The molecule has 1 aromatic rings. The Morgan fingerprint density at radius 2 is 2.05 bits per heavy atom. The highest BCUT2D eigenvalue weighted by atomic mass is 32.2. The molecule has 1 aliphatic heterocycles. The highest BCUT2D eigenvalue weighted by molar-refractivity contribution is 7.88. The van der Waals surface area contributed by atoms with Gasteiger partial charge in [-0.2, -0.15) is 4.31 Å². The fraction of sp³-hybridized carbons (Fsp3) is 0.364. The quantitative estimate of drug-likeness (QED) is 0.633. The highest BCUT2D eigenvalue weighted by Gasteiger charge is 2.32. The molecule has 0 radical (unpaired) electrons. The number of ether oxygens (including phenoxy) is 1. The third-order valence-electron chi connectivity index (χ3n) is 3.05. The van der Waals surface area contributed by atoms with Crippen LogP contribution < -0.4 is 10.1 Å². The lowest BCUT2D eigenvalue weighted by Crippen LogP contribution is -2.34. The molecule has 10 heteroatoms. The molecule has 0 aliphatic carbocycles. The van der Waals surface area contributed by atoms with Gasteiger partial charge in [0.05, 0.1) is 36.1 Å². The van der Waals surface area contributed by atoms with Gasteiger partial charge in [-0.15, -0.1) is 0 Å². The maximum Gasteiger partial charge on any atom is 0.317 e. The Morgan fingerprint density at radius 1 is 1.38 bits per heavy atom. The van der Waals surface area contributed by atoms with Crippen molar-refractivity contribution in [3.8, 4) is 5.75 Å². The fourth-order valence-electron chi connectivity index (χ4n) is 2.07. The number of carbonyl (C=O) groups excluding carboxylic acids is 1. The Bertz CT molecular complexity index is 715. The Kier molecular flexibility index (Phi) is 3.83. The van der Waals surface area contributed by atoms with E-state index in [1.807, 2.05) is 0 Å². The van der Waals surface area contributed by atoms with Crippen molar-refractivity contribution < 1.29 is 22.9 Å². The number of amides is 1. The molecular weight excluding hydrogens is 302 g/mol. The van der Waals surface area contributed by atoms with Crippen LogP contribution in [0.4, 0.5) is 11.4 Å². The summed E-state index contributed by atoms with van der Waals surface area (Å²) in [5.41, 5.74) is -0.0554. The van der Waals surface area contributed by atoms with Gasteiger partial charge in [-0.25, -0.2) is 8.42 Å². The predicted molar refractivity (Wildman–Crippen MR) is 73.5 cm³/mol. The van der Waals surface area contributed by atoms with E-state index in [0.29, 0.717) is 0 Å². The number of hydrogen-bond donors (Lipinski definition) is 1. The highest BCUT2D eigenvalue weighted by Crippen LogP contribution is 2.37. The first-order valence-corrected chi connectivity index (χ1v) is 7.68. The van der Waals surface area contributed by atoms with E-state index in [0.717, 1.165) is 10.6 Å². The number of nitro groups is 1. The van der Waals surface area contributed by atoms with Crippen LogP contribution in [0, 0.1) is 10.1 Å². The molecule has 1 aromatic carbocycles. The van der Waals surface area contributed by atoms with Gasteiger partial charge in [0.2, 0.25) is 15.9 Å². The summed E-state index contributed by atoms with van der Waals surface area (Å²) in [5.74, 6) is -0.554. The normalized spacial score (nSPS) is 15.8. The number of nitrogens with zero attached hydrogens (tertiary/aromatic N) is 2. The molecule has 2 rings (SSSR count). The number of sulfonamides is 1. The van der Waals surface area contributed by atoms with E-state index in [1.165, 1.54) is 19.2 Å². The van der Waals surface area contributed by atoms with Gasteiger partial charge in [-0.1, -0.05) is 0 Å². The molecule has 0 saturated carbocycles. The summed E-state index contributed by atoms with van der Waals surface area (Å²) in [4.78, 5) is 22.3. The third-order valence-corrected chi connectivity index (χ3v) is 4.24. The molecule has 0 fully saturated rings. The van der Waals surface area contributed by atoms with Gasteiger partial charge in [0.25, 0.3) is 0 Å². The largest absolute Gasteiger partial charge is 0.490 e. The molecule has 114 valence electrons. The molecule has 0 aromatic heterocycles. The number of anilines is 1. The van der Waals surface area contributed by atoms with Crippen LogP contribution in [0.5, 0.6) is 5.75 Å². The number of methoxy groups -OCH3 is 1. The van der Waals surface area contributed by atoms with Gasteiger partial charge in [0.15, 0.2) is 5.75 Å². The molecule has 21 heavy (non-hydrogen) atoms. The van der Waals surface area contributed by atoms with Crippen LogP contribution in [0.25, 0.3) is 0 Å². The summed E-state index contributed by atoms with van der Waals surface area (Å²) in [6, 6.07) is 2.80. The van der Waals surface area contributed by atoms with E-state index in [9.17, 15) is 23.3 Å². The lowest BCUT2D eigenvalue weighted by molar-refractivity contribution is -0.386. The Balaban J connectivity index is 2.66. The lowest BCUT2D eigenvalue weighted by atomic mass is 10.1. The van der Waals surface area contributed by atoms with E-state index in [2.05, 4.69) is 5.32 Å². The van der Waals surface area contributed by atoms with Crippen LogP contribution in [0.15, 0.2) is 12.1 Å². The SMILES string of the molecule is COc1ccc2c(c1[N+](=O)[O-])CN(S(C)(=O)=O)CC(=O)N2. The topological polar surface area (TPSA) is 119 Å². The van der Waals surface area contributed by atoms with Gasteiger partial charge in [0, 0.05) is 6.54 Å². The average molecular weight is 315 g/mol. The van der Waals surface area contributed by atoms with Crippen molar-refractivity contribution in [2.75, 3.05) is 25.2 Å². The number of fused-ring (bicyclic) bond motifs is 1. The monoisotopic (exact) mass is 315 g/mol. The maximum absolute atomic E-state index is 11.7. The van der Waals surface area contributed by atoms with E-state index >= 15 is 0 Å². The molecule has 9 nitrogen and oxygen atoms in total. The first-order chi connectivity index (χ1) is 9.74. The smallest absolute Gasteiger partial charge is 0.317 e. The number of rotatable bonds is 3. The minimum Gasteiger partial charge on any atom is -0.490 e. The Morgan fingerprint density at radius 3 is 2.57 bits per heavy atom. The minimum atomic E-state index is -3.68. The van der Waals surface area contributed by atoms with Crippen molar-refractivity contribution in [2.24, 2.45) is 0 Å². The maximum atomic E-state index is 11.7. The number of benzene rings is 1. The van der Waals surface area contributed by atoms with Crippen molar-refractivity contribution in [2.45, 2.75) is 6.54 Å². The van der Waals surface area contributed by atoms with E-state index in [4.69, 9.17) is 4.74 Å². The molecule has 0 spiro atoms. The van der Waals surface area contributed by atoms with Crippen molar-refractivity contribution in [3.63, 3.8) is 0 Å².